The molecule has 1 aliphatic heterocycles. The largest absolute Gasteiger partial charge is 0.490 e. The lowest BCUT2D eigenvalue weighted by molar-refractivity contribution is 0.297. The summed E-state index contributed by atoms with van der Waals surface area (Å²) in [6.45, 7) is 2.28. The number of hydrogen-bond donors (Lipinski definition) is 1. The second-order valence-electron chi connectivity index (χ2n) is 7.10. The van der Waals surface area contributed by atoms with Gasteiger partial charge in [-0.1, -0.05) is 19.3 Å². The maximum atomic E-state index is 5.84. The zero-order chi connectivity index (χ0) is 17.1. The SMILES string of the molecule is Cn1cc(CNC2CCCCC2)c(-c2ccc3c(c2)OCCCO3)n1. The highest BCUT2D eigenvalue weighted by atomic mass is 16.5. The Morgan fingerprint density at radius 1 is 1.08 bits per heavy atom. The van der Waals surface area contributed by atoms with Gasteiger partial charge in [0.05, 0.1) is 18.9 Å². The van der Waals surface area contributed by atoms with E-state index in [1.807, 2.05) is 17.8 Å². The highest BCUT2D eigenvalue weighted by Gasteiger charge is 2.17. The molecule has 2 heterocycles. The van der Waals surface area contributed by atoms with Crippen LogP contribution in [0.25, 0.3) is 11.3 Å². The van der Waals surface area contributed by atoms with Crippen molar-refractivity contribution >= 4 is 0 Å². The zero-order valence-electron chi connectivity index (χ0n) is 15.0. The molecule has 1 aromatic heterocycles. The third-order valence-corrected chi connectivity index (χ3v) is 5.11. The van der Waals surface area contributed by atoms with Crippen LogP contribution in [0, 0.1) is 0 Å². The molecule has 134 valence electrons. The van der Waals surface area contributed by atoms with Gasteiger partial charge in [-0.25, -0.2) is 0 Å². The molecule has 0 spiro atoms. The number of aromatic nitrogens is 2. The summed E-state index contributed by atoms with van der Waals surface area (Å²) < 4.78 is 13.5. The number of nitrogens with zero attached hydrogens (tertiary/aromatic N) is 2. The average Bonchev–Trinajstić information content (AvgIpc) is 2.86. The van der Waals surface area contributed by atoms with E-state index in [9.17, 15) is 0 Å². The lowest BCUT2D eigenvalue weighted by Gasteiger charge is -2.22. The molecule has 1 aromatic carbocycles. The number of rotatable bonds is 4. The molecule has 1 aliphatic carbocycles. The molecule has 0 atom stereocenters. The van der Waals surface area contributed by atoms with Gasteiger partial charge in [0, 0.05) is 43.4 Å². The highest BCUT2D eigenvalue weighted by molar-refractivity contribution is 5.66. The van der Waals surface area contributed by atoms with Crippen molar-refractivity contribution in [3.8, 4) is 22.8 Å². The smallest absolute Gasteiger partial charge is 0.161 e. The maximum Gasteiger partial charge on any atom is 0.161 e. The third kappa shape index (κ3) is 3.82. The van der Waals surface area contributed by atoms with Crippen LogP contribution in [-0.2, 0) is 13.6 Å². The van der Waals surface area contributed by atoms with Gasteiger partial charge in [-0.15, -0.1) is 0 Å². The van der Waals surface area contributed by atoms with Gasteiger partial charge in [-0.05, 0) is 31.0 Å². The topological polar surface area (TPSA) is 48.3 Å². The first kappa shape index (κ1) is 16.5. The fourth-order valence-corrected chi connectivity index (χ4v) is 3.78. The zero-order valence-corrected chi connectivity index (χ0v) is 15.0. The summed E-state index contributed by atoms with van der Waals surface area (Å²) in [5.41, 5.74) is 3.36. The normalized spacial score (nSPS) is 18.1. The Bertz CT molecular complexity index is 720. The molecule has 1 fully saturated rings. The van der Waals surface area contributed by atoms with Gasteiger partial charge in [-0.3, -0.25) is 4.68 Å². The molecule has 4 rings (SSSR count). The number of nitrogens with one attached hydrogen (secondary N) is 1. The van der Waals surface area contributed by atoms with Crippen LogP contribution in [0.2, 0.25) is 0 Å². The predicted molar refractivity (Wildman–Crippen MR) is 98.0 cm³/mol. The Kier molecular flexibility index (Phi) is 4.92. The van der Waals surface area contributed by atoms with E-state index in [4.69, 9.17) is 14.6 Å². The Hall–Kier alpha value is -2.01. The molecule has 1 N–H and O–H groups in total. The molecular weight excluding hydrogens is 314 g/mol. The van der Waals surface area contributed by atoms with Crippen molar-refractivity contribution in [2.24, 2.45) is 7.05 Å². The van der Waals surface area contributed by atoms with E-state index in [1.54, 1.807) is 0 Å². The minimum atomic E-state index is 0.644. The standard InChI is InChI=1S/C20H27N3O2/c1-23-14-16(13-21-17-6-3-2-4-7-17)20(22-23)15-8-9-18-19(12-15)25-11-5-10-24-18/h8-9,12,14,17,21H,2-7,10-11,13H2,1H3. The van der Waals surface area contributed by atoms with Crippen molar-refractivity contribution in [3.05, 3.63) is 30.0 Å². The Labute approximate surface area is 149 Å². The van der Waals surface area contributed by atoms with Crippen LogP contribution >= 0.6 is 0 Å². The second kappa shape index (κ2) is 7.48. The molecule has 2 aromatic rings. The minimum absolute atomic E-state index is 0.644. The second-order valence-corrected chi connectivity index (χ2v) is 7.10. The van der Waals surface area contributed by atoms with Crippen LogP contribution in [-0.4, -0.2) is 29.0 Å². The van der Waals surface area contributed by atoms with E-state index in [2.05, 4.69) is 23.6 Å². The van der Waals surface area contributed by atoms with Gasteiger partial charge in [0.25, 0.3) is 0 Å². The van der Waals surface area contributed by atoms with Crippen molar-refractivity contribution in [3.63, 3.8) is 0 Å². The van der Waals surface area contributed by atoms with Crippen LogP contribution < -0.4 is 14.8 Å². The number of ether oxygens (including phenoxy) is 2. The number of benzene rings is 1. The van der Waals surface area contributed by atoms with E-state index in [0.29, 0.717) is 19.3 Å². The summed E-state index contributed by atoms with van der Waals surface area (Å²) in [4.78, 5) is 0. The summed E-state index contributed by atoms with van der Waals surface area (Å²) in [6, 6.07) is 6.79. The Balaban J connectivity index is 1.54. The monoisotopic (exact) mass is 341 g/mol. The van der Waals surface area contributed by atoms with Crippen molar-refractivity contribution in [2.45, 2.75) is 51.1 Å². The Morgan fingerprint density at radius 3 is 2.72 bits per heavy atom. The van der Waals surface area contributed by atoms with Crippen molar-refractivity contribution < 1.29 is 9.47 Å². The molecule has 0 radical (unpaired) electrons. The van der Waals surface area contributed by atoms with Gasteiger partial charge < -0.3 is 14.8 Å². The first-order valence-electron chi connectivity index (χ1n) is 9.45. The van der Waals surface area contributed by atoms with E-state index in [1.165, 1.54) is 37.7 Å². The summed E-state index contributed by atoms with van der Waals surface area (Å²) in [6.07, 6.45) is 9.70. The molecule has 1 saturated carbocycles. The lowest BCUT2D eigenvalue weighted by atomic mass is 9.95. The van der Waals surface area contributed by atoms with E-state index in [-0.39, 0.29) is 0 Å². The van der Waals surface area contributed by atoms with Crippen LogP contribution in [0.15, 0.2) is 24.4 Å². The summed E-state index contributed by atoms with van der Waals surface area (Å²) in [5.74, 6) is 1.66. The fraction of sp³-hybridized carbons (Fsp3) is 0.550. The maximum absolute atomic E-state index is 5.84. The van der Waals surface area contributed by atoms with E-state index in [0.717, 1.165) is 35.7 Å². The Morgan fingerprint density at radius 2 is 1.88 bits per heavy atom. The lowest BCUT2D eigenvalue weighted by Crippen LogP contribution is -2.30. The molecule has 0 bridgehead atoms. The van der Waals surface area contributed by atoms with Crippen molar-refractivity contribution in [2.75, 3.05) is 13.2 Å². The van der Waals surface area contributed by atoms with Gasteiger partial charge in [0.15, 0.2) is 11.5 Å². The molecule has 0 saturated heterocycles. The molecule has 25 heavy (non-hydrogen) atoms. The quantitative estimate of drug-likeness (QED) is 0.922. The summed E-state index contributed by atoms with van der Waals surface area (Å²) in [7, 11) is 1.98. The molecular formula is C20H27N3O2. The van der Waals surface area contributed by atoms with Crippen LogP contribution in [0.3, 0.4) is 0 Å². The number of hydrogen-bond acceptors (Lipinski definition) is 4. The highest BCUT2D eigenvalue weighted by Crippen LogP contribution is 2.34. The van der Waals surface area contributed by atoms with Gasteiger partial charge >= 0.3 is 0 Å². The third-order valence-electron chi connectivity index (χ3n) is 5.11. The van der Waals surface area contributed by atoms with Gasteiger partial charge in [0.2, 0.25) is 0 Å². The van der Waals surface area contributed by atoms with Gasteiger partial charge in [0.1, 0.15) is 0 Å². The van der Waals surface area contributed by atoms with Gasteiger partial charge in [-0.2, -0.15) is 5.10 Å². The summed E-state index contributed by atoms with van der Waals surface area (Å²) >= 11 is 0. The van der Waals surface area contributed by atoms with Crippen LogP contribution in [0.1, 0.15) is 44.1 Å². The number of aryl methyl sites for hydroxylation is 1. The first-order valence-corrected chi connectivity index (χ1v) is 9.45. The predicted octanol–water partition coefficient (Wildman–Crippen LogP) is 3.67. The molecule has 0 amide bonds. The number of fused-ring (bicyclic) bond motifs is 1. The molecule has 5 nitrogen and oxygen atoms in total. The average molecular weight is 341 g/mol. The van der Waals surface area contributed by atoms with Crippen LogP contribution in [0.5, 0.6) is 11.5 Å². The first-order chi connectivity index (χ1) is 12.3. The molecule has 0 unspecified atom stereocenters. The molecule has 2 aliphatic rings. The van der Waals surface area contributed by atoms with E-state index >= 15 is 0 Å². The summed E-state index contributed by atoms with van der Waals surface area (Å²) in [5, 5.41) is 8.42. The van der Waals surface area contributed by atoms with Crippen LogP contribution in [0.4, 0.5) is 0 Å². The molecule has 5 heteroatoms. The van der Waals surface area contributed by atoms with Crippen molar-refractivity contribution in [1.82, 2.24) is 15.1 Å². The fourth-order valence-electron chi connectivity index (χ4n) is 3.78. The van der Waals surface area contributed by atoms with E-state index < -0.39 is 0 Å². The minimum Gasteiger partial charge on any atom is -0.490 e. The van der Waals surface area contributed by atoms with Crippen molar-refractivity contribution in [1.29, 1.82) is 0 Å².